The third-order valence-electron chi connectivity index (χ3n) is 2.67. The number of rotatable bonds is 3. The Hall–Kier alpha value is -0.590. The normalized spacial score (nSPS) is 20.9. The van der Waals surface area contributed by atoms with Crippen molar-refractivity contribution in [2.45, 2.75) is 19.8 Å². The van der Waals surface area contributed by atoms with Crippen molar-refractivity contribution in [3.05, 3.63) is 0 Å². The summed E-state index contributed by atoms with van der Waals surface area (Å²) >= 11 is 0. The van der Waals surface area contributed by atoms with E-state index in [9.17, 15) is 0 Å². The number of nitrogens with zero attached hydrogens (tertiary/aromatic N) is 3. The second kappa shape index (κ2) is 5.95. The molecule has 3 nitrogen and oxygen atoms in total. The summed E-state index contributed by atoms with van der Waals surface area (Å²) in [6.07, 6.45) is 1.92. The van der Waals surface area contributed by atoms with Crippen LogP contribution in [0.3, 0.4) is 0 Å². The molecule has 0 bridgehead atoms. The van der Waals surface area contributed by atoms with E-state index in [4.69, 9.17) is 5.26 Å². The fraction of sp³-hybridized carbons (Fsp3) is 0.900. The van der Waals surface area contributed by atoms with Crippen LogP contribution in [0.4, 0.5) is 0 Å². The fourth-order valence-corrected chi connectivity index (χ4v) is 1.77. The van der Waals surface area contributed by atoms with Crippen LogP contribution < -0.4 is 0 Å². The van der Waals surface area contributed by atoms with Gasteiger partial charge in [-0.05, 0) is 26.1 Å². The lowest BCUT2D eigenvalue weighted by Crippen LogP contribution is -2.31. The van der Waals surface area contributed by atoms with Crippen molar-refractivity contribution in [1.82, 2.24) is 9.80 Å². The molecule has 0 radical (unpaired) electrons. The minimum absolute atomic E-state index is 0.673. The lowest BCUT2D eigenvalue weighted by molar-refractivity contribution is 0.267. The van der Waals surface area contributed by atoms with Crippen LogP contribution in [-0.2, 0) is 0 Å². The summed E-state index contributed by atoms with van der Waals surface area (Å²) in [6, 6.07) is 2.21. The molecular weight excluding hydrogens is 162 g/mol. The summed E-state index contributed by atoms with van der Waals surface area (Å²) in [5, 5.41) is 8.48. The molecule has 0 aliphatic carbocycles. The van der Waals surface area contributed by atoms with Crippen molar-refractivity contribution < 1.29 is 0 Å². The first-order valence-corrected chi connectivity index (χ1v) is 5.18. The first-order chi connectivity index (χ1) is 6.36. The Morgan fingerprint density at radius 2 is 1.85 bits per heavy atom. The lowest BCUT2D eigenvalue weighted by atomic mass is 10.3. The Bertz CT molecular complexity index is 173. The third kappa shape index (κ3) is 3.75. The van der Waals surface area contributed by atoms with Crippen molar-refractivity contribution in [3.63, 3.8) is 0 Å². The second-order valence-electron chi connectivity index (χ2n) is 3.54. The maximum atomic E-state index is 8.48. The van der Waals surface area contributed by atoms with Crippen molar-refractivity contribution >= 4 is 0 Å². The highest BCUT2D eigenvalue weighted by Crippen LogP contribution is 2.02. The SMILES string of the molecule is CCN1CCCN(CCC#N)CC1. The minimum Gasteiger partial charge on any atom is -0.302 e. The molecule has 1 saturated heterocycles. The number of hydrogen-bond acceptors (Lipinski definition) is 3. The Kier molecular flexibility index (Phi) is 4.81. The molecule has 0 saturated carbocycles. The molecule has 0 unspecified atom stereocenters. The third-order valence-corrected chi connectivity index (χ3v) is 2.67. The van der Waals surface area contributed by atoms with Gasteiger partial charge >= 0.3 is 0 Å². The van der Waals surface area contributed by atoms with E-state index in [0.717, 1.165) is 26.2 Å². The van der Waals surface area contributed by atoms with Gasteiger partial charge in [-0.2, -0.15) is 5.26 Å². The van der Waals surface area contributed by atoms with Crippen LogP contribution in [0.1, 0.15) is 19.8 Å². The van der Waals surface area contributed by atoms with Gasteiger partial charge < -0.3 is 9.80 Å². The largest absolute Gasteiger partial charge is 0.302 e. The van der Waals surface area contributed by atoms with Crippen molar-refractivity contribution in [2.24, 2.45) is 0 Å². The quantitative estimate of drug-likeness (QED) is 0.649. The highest BCUT2D eigenvalue weighted by molar-refractivity contribution is 4.75. The minimum atomic E-state index is 0.673. The molecule has 0 aromatic carbocycles. The van der Waals surface area contributed by atoms with E-state index < -0.39 is 0 Å². The van der Waals surface area contributed by atoms with Gasteiger partial charge in [0.2, 0.25) is 0 Å². The zero-order valence-electron chi connectivity index (χ0n) is 8.50. The summed E-state index contributed by atoms with van der Waals surface area (Å²) in [5.74, 6) is 0. The molecule has 74 valence electrons. The van der Waals surface area contributed by atoms with Gasteiger partial charge in [-0.15, -0.1) is 0 Å². The summed E-state index contributed by atoms with van der Waals surface area (Å²) in [5.41, 5.74) is 0. The van der Waals surface area contributed by atoms with Crippen LogP contribution in [-0.4, -0.2) is 49.1 Å². The first-order valence-electron chi connectivity index (χ1n) is 5.18. The summed E-state index contributed by atoms with van der Waals surface area (Å²) < 4.78 is 0. The highest BCUT2D eigenvalue weighted by Gasteiger charge is 2.12. The molecule has 0 spiro atoms. The van der Waals surface area contributed by atoms with Gasteiger partial charge in [-0.1, -0.05) is 6.92 Å². The van der Waals surface area contributed by atoms with Crippen LogP contribution in [0.15, 0.2) is 0 Å². The van der Waals surface area contributed by atoms with E-state index in [1.165, 1.54) is 19.5 Å². The molecule has 0 aromatic rings. The summed E-state index contributed by atoms with van der Waals surface area (Å²) in [4.78, 5) is 4.88. The molecular formula is C10H19N3. The number of hydrogen-bond donors (Lipinski definition) is 0. The molecule has 1 aliphatic rings. The number of likely N-dealkylation sites (N-methyl/N-ethyl adjacent to an activating group) is 1. The molecule has 0 atom stereocenters. The van der Waals surface area contributed by atoms with Crippen molar-refractivity contribution in [2.75, 3.05) is 39.3 Å². The zero-order chi connectivity index (χ0) is 9.52. The van der Waals surface area contributed by atoms with Gasteiger partial charge in [0.05, 0.1) is 6.07 Å². The van der Waals surface area contributed by atoms with E-state index in [1.54, 1.807) is 0 Å². The van der Waals surface area contributed by atoms with Crippen LogP contribution >= 0.6 is 0 Å². The Balaban J connectivity index is 2.24. The van der Waals surface area contributed by atoms with E-state index in [1.807, 2.05) is 0 Å². The predicted molar refractivity (Wildman–Crippen MR) is 53.4 cm³/mol. The molecule has 13 heavy (non-hydrogen) atoms. The zero-order valence-corrected chi connectivity index (χ0v) is 8.50. The van der Waals surface area contributed by atoms with E-state index in [-0.39, 0.29) is 0 Å². The molecule has 0 amide bonds. The standard InChI is InChI=1S/C10H19N3/c1-2-12-7-4-8-13(10-9-12)6-3-5-11/h2-4,6-10H2,1H3. The molecule has 3 heteroatoms. The average molecular weight is 181 g/mol. The smallest absolute Gasteiger partial charge is 0.0635 e. The second-order valence-corrected chi connectivity index (χ2v) is 3.54. The molecule has 1 aliphatic heterocycles. The number of nitriles is 1. The van der Waals surface area contributed by atoms with E-state index in [0.29, 0.717) is 6.42 Å². The maximum absolute atomic E-state index is 8.48. The van der Waals surface area contributed by atoms with Gasteiger partial charge in [0.15, 0.2) is 0 Å². The van der Waals surface area contributed by atoms with Crippen LogP contribution in [0, 0.1) is 11.3 Å². The Morgan fingerprint density at radius 1 is 1.15 bits per heavy atom. The molecule has 0 N–H and O–H groups in total. The van der Waals surface area contributed by atoms with Gasteiger partial charge in [-0.25, -0.2) is 0 Å². The van der Waals surface area contributed by atoms with E-state index in [2.05, 4.69) is 22.8 Å². The summed E-state index contributed by atoms with van der Waals surface area (Å²) in [6.45, 7) is 9.01. The van der Waals surface area contributed by atoms with Crippen molar-refractivity contribution in [1.29, 1.82) is 5.26 Å². The topological polar surface area (TPSA) is 30.3 Å². The Labute approximate surface area is 80.9 Å². The molecule has 0 aromatic heterocycles. The van der Waals surface area contributed by atoms with Gasteiger partial charge in [-0.3, -0.25) is 0 Å². The first kappa shape index (κ1) is 10.5. The highest BCUT2D eigenvalue weighted by atomic mass is 15.2. The Morgan fingerprint density at radius 3 is 2.54 bits per heavy atom. The predicted octanol–water partition coefficient (Wildman–Crippen LogP) is 0.928. The van der Waals surface area contributed by atoms with Crippen molar-refractivity contribution in [3.8, 4) is 6.07 Å². The monoisotopic (exact) mass is 181 g/mol. The van der Waals surface area contributed by atoms with Gasteiger partial charge in [0.25, 0.3) is 0 Å². The maximum Gasteiger partial charge on any atom is 0.0635 e. The lowest BCUT2D eigenvalue weighted by Gasteiger charge is -2.19. The van der Waals surface area contributed by atoms with Crippen LogP contribution in [0.25, 0.3) is 0 Å². The molecule has 1 rings (SSSR count). The van der Waals surface area contributed by atoms with Crippen LogP contribution in [0.2, 0.25) is 0 Å². The molecule has 1 heterocycles. The van der Waals surface area contributed by atoms with Crippen LogP contribution in [0.5, 0.6) is 0 Å². The van der Waals surface area contributed by atoms with Gasteiger partial charge in [0, 0.05) is 26.1 Å². The van der Waals surface area contributed by atoms with Gasteiger partial charge in [0.1, 0.15) is 0 Å². The van der Waals surface area contributed by atoms with E-state index >= 15 is 0 Å². The molecule has 1 fully saturated rings. The average Bonchev–Trinajstić information content (AvgIpc) is 2.39. The fourth-order valence-electron chi connectivity index (χ4n) is 1.77. The summed E-state index contributed by atoms with van der Waals surface area (Å²) in [7, 11) is 0.